The number of carbonyl (C=O) groups is 1. The summed E-state index contributed by atoms with van der Waals surface area (Å²) in [6.07, 6.45) is -0.0454. The normalized spacial score (nSPS) is 16.8. The molecular weight excluding hydrogens is 220 g/mol. The average molecular weight is 246 g/mol. The molecule has 0 fully saturated rings. The van der Waals surface area contributed by atoms with Crippen molar-refractivity contribution in [3.05, 3.63) is 0 Å². The van der Waals surface area contributed by atoms with E-state index in [0.717, 1.165) is 0 Å². The highest BCUT2D eigenvalue weighted by molar-refractivity contribution is 8.01. The lowest BCUT2D eigenvalue weighted by atomic mass is 9.97. The van der Waals surface area contributed by atoms with Gasteiger partial charge in [-0.15, -0.1) is 11.8 Å². The van der Waals surface area contributed by atoms with Gasteiger partial charge in [-0.3, -0.25) is 4.79 Å². The summed E-state index contributed by atoms with van der Waals surface area (Å²) >= 11 is 1.84. The predicted molar refractivity (Wildman–Crippen MR) is 71.8 cm³/mol. The van der Waals surface area contributed by atoms with E-state index < -0.39 is 5.41 Å². The van der Waals surface area contributed by atoms with Crippen molar-refractivity contribution in [3.8, 4) is 0 Å². The van der Waals surface area contributed by atoms with E-state index in [-0.39, 0.29) is 16.8 Å². The average Bonchev–Trinajstić information content (AvgIpc) is 1.98. The van der Waals surface area contributed by atoms with Crippen LogP contribution in [-0.4, -0.2) is 22.1 Å². The van der Waals surface area contributed by atoms with Gasteiger partial charge in [0.2, 0.25) is 0 Å². The smallest absolute Gasteiger partial charge is 0.311 e. The first-order valence-electron chi connectivity index (χ1n) is 5.82. The molecule has 0 heterocycles. The fourth-order valence-corrected chi connectivity index (χ4v) is 2.46. The Morgan fingerprint density at radius 1 is 1.06 bits per heavy atom. The van der Waals surface area contributed by atoms with Gasteiger partial charge in [-0.25, -0.2) is 0 Å². The number of ether oxygens (including phenoxy) is 1. The Labute approximate surface area is 105 Å². The highest BCUT2D eigenvalue weighted by atomic mass is 32.2. The Balaban J connectivity index is 4.27. The summed E-state index contributed by atoms with van der Waals surface area (Å²) in [4.78, 5) is 11.7. The molecule has 0 amide bonds. The first kappa shape index (κ1) is 15.8. The Hall–Kier alpha value is -0.180. The van der Waals surface area contributed by atoms with Crippen LogP contribution in [0.25, 0.3) is 0 Å². The molecule has 0 aliphatic rings. The number of esters is 1. The molecule has 0 saturated carbocycles. The molecule has 0 aromatic carbocycles. The maximum absolute atomic E-state index is 11.7. The molecule has 96 valence electrons. The lowest BCUT2D eigenvalue weighted by Gasteiger charge is -2.29. The van der Waals surface area contributed by atoms with Crippen LogP contribution < -0.4 is 0 Å². The van der Waals surface area contributed by atoms with Crippen molar-refractivity contribution >= 4 is 17.7 Å². The van der Waals surface area contributed by atoms with Crippen molar-refractivity contribution in [2.45, 2.75) is 71.5 Å². The molecule has 2 nitrogen and oxygen atoms in total. The van der Waals surface area contributed by atoms with Crippen LogP contribution in [0.3, 0.4) is 0 Å². The van der Waals surface area contributed by atoms with Crippen LogP contribution in [0.4, 0.5) is 0 Å². The van der Waals surface area contributed by atoms with Crippen LogP contribution in [0.15, 0.2) is 0 Å². The molecule has 0 rings (SSSR count). The standard InChI is InChI=1S/C13H26O2S/c1-9(10(2)16-13(6,7)8)15-11(14)12(3,4)5/h9-10H,1-8H3. The van der Waals surface area contributed by atoms with E-state index >= 15 is 0 Å². The summed E-state index contributed by atoms with van der Waals surface area (Å²) < 4.78 is 5.66. The van der Waals surface area contributed by atoms with Gasteiger partial charge in [-0.2, -0.15) is 0 Å². The van der Waals surface area contributed by atoms with E-state index in [4.69, 9.17) is 4.74 Å². The van der Waals surface area contributed by atoms with Crippen LogP contribution in [-0.2, 0) is 9.53 Å². The zero-order valence-electron chi connectivity index (χ0n) is 11.9. The van der Waals surface area contributed by atoms with Crippen LogP contribution in [0.2, 0.25) is 0 Å². The first-order chi connectivity index (χ1) is 6.93. The number of carbonyl (C=O) groups excluding carboxylic acids is 1. The zero-order valence-corrected chi connectivity index (χ0v) is 12.7. The second kappa shape index (κ2) is 5.44. The number of hydrogen-bond acceptors (Lipinski definition) is 3. The maximum atomic E-state index is 11.7. The Morgan fingerprint density at radius 2 is 1.50 bits per heavy atom. The quantitative estimate of drug-likeness (QED) is 0.707. The summed E-state index contributed by atoms with van der Waals surface area (Å²) in [5.74, 6) is -0.124. The second-order valence-corrected chi connectivity index (χ2v) is 8.50. The fourth-order valence-electron chi connectivity index (χ4n) is 1.09. The van der Waals surface area contributed by atoms with Gasteiger partial charge in [0.1, 0.15) is 6.10 Å². The van der Waals surface area contributed by atoms with E-state index in [1.54, 1.807) is 0 Å². The Kier molecular flexibility index (Phi) is 5.37. The largest absolute Gasteiger partial charge is 0.461 e. The van der Waals surface area contributed by atoms with Crippen molar-refractivity contribution in [1.29, 1.82) is 0 Å². The minimum atomic E-state index is -0.416. The molecule has 0 bridgehead atoms. The molecule has 2 atom stereocenters. The van der Waals surface area contributed by atoms with Crippen molar-refractivity contribution < 1.29 is 9.53 Å². The SMILES string of the molecule is CC(OC(=O)C(C)(C)C)C(C)SC(C)(C)C. The lowest BCUT2D eigenvalue weighted by Crippen LogP contribution is -2.32. The Morgan fingerprint density at radius 3 is 1.81 bits per heavy atom. The molecule has 0 aliphatic heterocycles. The van der Waals surface area contributed by atoms with Crippen LogP contribution in [0.5, 0.6) is 0 Å². The second-order valence-electron chi connectivity index (χ2n) is 6.30. The highest BCUT2D eigenvalue weighted by Crippen LogP contribution is 2.31. The van der Waals surface area contributed by atoms with Crippen LogP contribution >= 0.6 is 11.8 Å². The van der Waals surface area contributed by atoms with Gasteiger partial charge in [0.25, 0.3) is 0 Å². The van der Waals surface area contributed by atoms with E-state index in [1.165, 1.54) is 0 Å². The molecule has 0 radical (unpaired) electrons. The number of thioether (sulfide) groups is 1. The van der Waals surface area contributed by atoms with Crippen molar-refractivity contribution in [1.82, 2.24) is 0 Å². The fraction of sp³-hybridized carbons (Fsp3) is 0.923. The molecule has 0 saturated heterocycles. The molecule has 0 aromatic rings. The topological polar surface area (TPSA) is 26.3 Å². The molecule has 16 heavy (non-hydrogen) atoms. The molecule has 0 aromatic heterocycles. The maximum Gasteiger partial charge on any atom is 0.311 e. The third-order valence-corrected chi connectivity index (χ3v) is 3.57. The number of rotatable bonds is 3. The minimum Gasteiger partial charge on any atom is -0.461 e. The summed E-state index contributed by atoms with van der Waals surface area (Å²) in [7, 11) is 0. The van der Waals surface area contributed by atoms with E-state index in [0.29, 0.717) is 5.25 Å². The highest BCUT2D eigenvalue weighted by Gasteiger charge is 2.28. The van der Waals surface area contributed by atoms with Crippen molar-refractivity contribution in [2.75, 3.05) is 0 Å². The van der Waals surface area contributed by atoms with Gasteiger partial charge in [0, 0.05) is 10.00 Å². The third kappa shape index (κ3) is 6.41. The van der Waals surface area contributed by atoms with Crippen molar-refractivity contribution in [2.24, 2.45) is 5.41 Å². The molecule has 3 heteroatoms. The summed E-state index contributed by atoms with van der Waals surface area (Å²) in [5, 5.41) is 0.311. The van der Waals surface area contributed by atoms with Crippen molar-refractivity contribution in [3.63, 3.8) is 0 Å². The minimum absolute atomic E-state index is 0.0454. The van der Waals surface area contributed by atoms with E-state index in [2.05, 4.69) is 27.7 Å². The first-order valence-corrected chi connectivity index (χ1v) is 6.70. The predicted octanol–water partition coefficient (Wildman–Crippen LogP) is 3.88. The van der Waals surface area contributed by atoms with Gasteiger partial charge in [0.05, 0.1) is 5.41 Å². The van der Waals surface area contributed by atoms with Gasteiger partial charge < -0.3 is 4.74 Å². The van der Waals surface area contributed by atoms with Gasteiger partial charge in [0.15, 0.2) is 0 Å². The molecule has 0 spiro atoms. The van der Waals surface area contributed by atoms with Crippen LogP contribution in [0, 0.1) is 5.41 Å². The lowest BCUT2D eigenvalue weighted by molar-refractivity contribution is -0.157. The zero-order chi connectivity index (χ0) is 13.1. The van der Waals surface area contributed by atoms with Gasteiger partial charge in [-0.05, 0) is 34.6 Å². The van der Waals surface area contributed by atoms with E-state index in [9.17, 15) is 4.79 Å². The molecule has 0 N–H and O–H groups in total. The summed E-state index contributed by atoms with van der Waals surface area (Å²) in [5.41, 5.74) is -0.416. The summed E-state index contributed by atoms with van der Waals surface area (Å²) in [6.45, 7) is 16.2. The monoisotopic (exact) mass is 246 g/mol. The van der Waals surface area contributed by atoms with Gasteiger partial charge >= 0.3 is 5.97 Å². The Bertz CT molecular complexity index is 235. The van der Waals surface area contributed by atoms with Crippen LogP contribution in [0.1, 0.15) is 55.4 Å². The third-order valence-electron chi connectivity index (χ3n) is 2.11. The van der Waals surface area contributed by atoms with Gasteiger partial charge in [-0.1, -0.05) is 20.8 Å². The molecule has 2 unspecified atom stereocenters. The molecule has 0 aliphatic carbocycles. The summed E-state index contributed by atoms with van der Waals surface area (Å²) in [6, 6.07) is 0. The van der Waals surface area contributed by atoms with E-state index in [1.807, 2.05) is 39.5 Å². The number of hydrogen-bond donors (Lipinski definition) is 0. The molecular formula is C13H26O2S.